The number of hydrogen-bond donors (Lipinski definition) is 3. The van der Waals surface area contributed by atoms with E-state index < -0.39 is 28.9 Å². The van der Waals surface area contributed by atoms with E-state index in [1.165, 1.54) is 26.5 Å². The molecule has 0 atom stereocenters. The number of hydrogen-bond acceptors (Lipinski definition) is 8. The Bertz CT molecular complexity index is 1600. The summed E-state index contributed by atoms with van der Waals surface area (Å²) in [6, 6.07) is 5.81. The summed E-state index contributed by atoms with van der Waals surface area (Å²) in [6.07, 6.45) is 5.83. The highest BCUT2D eigenvalue weighted by Gasteiger charge is 2.28. The highest BCUT2D eigenvalue weighted by atomic mass is 19.1. The highest BCUT2D eigenvalue weighted by molar-refractivity contribution is 6.17. The largest absolute Gasteiger partial charge is 0.494 e. The van der Waals surface area contributed by atoms with Crippen LogP contribution in [0.2, 0.25) is 0 Å². The summed E-state index contributed by atoms with van der Waals surface area (Å²) in [5.74, 6) is -3.86. The SMILES string of the molecule is C=CC(=O)Nc1cncc(C)c1Nc1cc2c(NC)c(C(=O)c3c(F)c(OC)cc(OC)c3F)ccc2cn1. The minimum absolute atomic E-state index is 0.0225. The second-order valence-electron chi connectivity index (χ2n) is 8.34. The lowest BCUT2D eigenvalue weighted by molar-refractivity contribution is -0.111. The van der Waals surface area contributed by atoms with E-state index in [4.69, 9.17) is 9.47 Å². The van der Waals surface area contributed by atoms with Gasteiger partial charge in [0, 0.05) is 41.8 Å². The van der Waals surface area contributed by atoms with Crippen LogP contribution in [-0.2, 0) is 4.79 Å². The molecule has 2 heterocycles. The van der Waals surface area contributed by atoms with Gasteiger partial charge in [-0.15, -0.1) is 0 Å². The lowest BCUT2D eigenvalue weighted by atomic mass is 9.96. The van der Waals surface area contributed by atoms with E-state index in [0.717, 1.165) is 17.7 Å². The van der Waals surface area contributed by atoms with Crippen LogP contribution in [0.3, 0.4) is 0 Å². The second-order valence-corrected chi connectivity index (χ2v) is 8.34. The minimum atomic E-state index is -1.14. The number of aryl methyl sites for hydroxylation is 1. The first-order valence-electron chi connectivity index (χ1n) is 11.6. The molecule has 3 N–H and O–H groups in total. The van der Waals surface area contributed by atoms with Crippen molar-refractivity contribution in [1.29, 1.82) is 0 Å². The molecule has 4 rings (SSSR count). The molecule has 0 bridgehead atoms. The van der Waals surface area contributed by atoms with Gasteiger partial charge in [-0.2, -0.15) is 0 Å². The topological polar surface area (TPSA) is 114 Å². The van der Waals surface area contributed by atoms with Crippen LogP contribution in [0.25, 0.3) is 10.8 Å². The normalized spacial score (nSPS) is 10.6. The quantitative estimate of drug-likeness (QED) is 0.194. The van der Waals surface area contributed by atoms with Gasteiger partial charge in [0.05, 0.1) is 37.5 Å². The molecule has 4 aromatic rings. The molecule has 0 saturated heterocycles. The summed E-state index contributed by atoms with van der Waals surface area (Å²) in [5, 5.41) is 10.1. The Morgan fingerprint density at radius 2 is 1.69 bits per heavy atom. The van der Waals surface area contributed by atoms with E-state index in [-0.39, 0.29) is 17.1 Å². The zero-order valence-corrected chi connectivity index (χ0v) is 21.6. The van der Waals surface area contributed by atoms with E-state index in [2.05, 4.69) is 32.5 Å². The van der Waals surface area contributed by atoms with Crippen molar-refractivity contribution >= 4 is 45.3 Å². The third-order valence-electron chi connectivity index (χ3n) is 6.03. The number of ether oxygens (including phenoxy) is 2. The van der Waals surface area contributed by atoms with Crippen molar-refractivity contribution in [2.75, 3.05) is 37.2 Å². The Morgan fingerprint density at radius 3 is 2.31 bits per heavy atom. The molecule has 9 nitrogen and oxygen atoms in total. The number of pyridine rings is 2. The Kier molecular flexibility index (Phi) is 7.70. The van der Waals surface area contributed by atoms with E-state index in [1.54, 1.807) is 38.5 Å². The van der Waals surface area contributed by atoms with Gasteiger partial charge in [0.2, 0.25) is 11.7 Å². The van der Waals surface area contributed by atoms with Gasteiger partial charge in [-0.3, -0.25) is 14.6 Å². The third-order valence-corrected chi connectivity index (χ3v) is 6.03. The number of nitrogens with one attached hydrogen (secondary N) is 3. The first-order chi connectivity index (χ1) is 18.7. The molecular weight excluding hydrogens is 508 g/mol. The number of aromatic nitrogens is 2. The number of carbonyl (C=O) groups is 2. The maximum absolute atomic E-state index is 15.1. The zero-order chi connectivity index (χ0) is 28.3. The lowest BCUT2D eigenvalue weighted by Gasteiger charge is -2.17. The van der Waals surface area contributed by atoms with Gasteiger partial charge in [-0.05, 0) is 30.7 Å². The maximum Gasteiger partial charge on any atom is 0.247 e. The van der Waals surface area contributed by atoms with Crippen molar-refractivity contribution in [3.8, 4) is 11.5 Å². The summed E-state index contributed by atoms with van der Waals surface area (Å²) < 4.78 is 40.2. The van der Waals surface area contributed by atoms with Crippen LogP contribution in [0.5, 0.6) is 11.5 Å². The molecule has 0 radical (unpaired) electrons. The summed E-state index contributed by atoms with van der Waals surface area (Å²) in [6.45, 7) is 5.27. The van der Waals surface area contributed by atoms with Gasteiger partial charge >= 0.3 is 0 Å². The van der Waals surface area contributed by atoms with Crippen molar-refractivity contribution in [2.24, 2.45) is 0 Å². The number of amides is 1. The van der Waals surface area contributed by atoms with Gasteiger partial charge in [-0.1, -0.05) is 12.6 Å². The fraction of sp³-hybridized carbons (Fsp3) is 0.143. The number of fused-ring (bicyclic) bond motifs is 1. The number of benzene rings is 2. The number of halogens is 2. The standard InChI is InChI=1S/C28H25F2N5O4/c1-6-22(36)34-18-13-32-11-14(2)26(18)35-21-9-17-15(12-33-21)7-8-16(27(17)31-3)28(37)23-24(29)19(38-4)10-20(39-5)25(23)30/h6-13,31H,1H2,2-5H3,(H,34,36)(H,32,33,35). The molecule has 0 aliphatic rings. The molecule has 0 saturated carbocycles. The van der Waals surface area contributed by atoms with Gasteiger partial charge in [0.1, 0.15) is 11.4 Å². The number of anilines is 4. The van der Waals surface area contributed by atoms with Crippen molar-refractivity contribution < 1.29 is 27.8 Å². The fourth-order valence-corrected chi connectivity index (χ4v) is 4.10. The molecule has 0 unspecified atom stereocenters. The van der Waals surface area contributed by atoms with Crippen LogP contribution in [0, 0.1) is 18.6 Å². The molecule has 0 fully saturated rings. The number of ketones is 1. The van der Waals surface area contributed by atoms with Crippen LogP contribution >= 0.6 is 0 Å². The second kappa shape index (κ2) is 11.1. The highest BCUT2D eigenvalue weighted by Crippen LogP contribution is 2.36. The zero-order valence-electron chi connectivity index (χ0n) is 21.6. The van der Waals surface area contributed by atoms with Crippen molar-refractivity contribution in [3.05, 3.63) is 83.8 Å². The van der Waals surface area contributed by atoms with E-state index in [0.29, 0.717) is 33.7 Å². The predicted octanol–water partition coefficient (Wildman–Crippen LogP) is 5.37. The van der Waals surface area contributed by atoms with Crippen LogP contribution in [0.4, 0.5) is 31.7 Å². The minimum Gasteiger partial charge on any atom is -0.494 e. The lowest BCUT2D eigenvalue weighted by Crippen LogP contribution is -2.12. The predicted molar refractivity (Wildman–Crippen MR) is 145 cm³/mol. The van der Waals surface area contributed by atoms with Gasteiger partial charge < -0.3 is 25.4 Å². The molecule has 200 valence electrons. The Balaban J connectivity index is 1.83. The van der Waals surface area contributed by atoms with Gasteiger partial charge in [0.25, 0.3) is 0 Å². The third kappa shape index (κ3) is 5.06. The average molecular weight is 534 g/mol. The number of carbonyl (C=O) groups excluding carboxylic acids is 2. The van der Waals surface area contributed by atoms with Gasteiger partial charge in [0.15, 0.2) is 23.1 Å². The monoisotopic (exact) mass is 533 g/mol. The smallest absolute Gasteiger partial charge is 0.247 e. The molecule has 2 aromatic carbocycles. The number of methoxy groups -OCH3 is 2. The molecule has 11 heteroatoms. The number of nitrogens with zero attached hydrogens (tertiary/aromatic N) is 2. The van der Waals surface area contributed by atoms with Crippen LogP contribution in [0.15, 0.2) is 55.5 Å². The summed E-state index contributed by atoms with van der Waals surface area (Å²) in [7, 11) is 4.01. The molecule has 0 aliphatic heterocycles. The molecule has 2 aromatic heterocycles. The molecular formula is C28H25F2N5O4. The van der Waals surface area contributed by atoms with Crippen molar-refractivity contribution in [2.45, 2.75) is 6.92 Å². The summed E-state index contributed by atoms with van der Waals surface area (Å²) in [4.78, 5) is 34.0. The molecule has 0 spiro atoms. The fourth-order valence-electron chi connectivity index (χ4n) is 4.10. The Morgan fingerprint density at radius 1 is 1.00 bits per heavy atom. The molecule has 39 heavy (non-hydrogen) atoms. The summed E-state index contributed by atoms with van der Waals surface area (Å²) >= 11 is 0. The number of rotatable bonds is 9. The Labute approximate surface area is 222 Å². The first-order valence-corrected chi connectivity index (χ1v) is 11.6. The van der Waals surface area contributed by atoms with Crippen LogP contribution < -0.4 is 25.4 Å². The van der Waals surface area contributed by atoms with Crippen molar-refractivity contribution in [1.82, 2.24) is 9.97 Å². The first kappa shape index (κ1) is 27.0. The van der Waals surface area contributed by atoms with E-state index in [1.807, 2.05) is 0 Å². The average Bonchev–Trinajstić information content (AvgIpc) is 2.94. The van der Waals surface area contributed by atoms with E-state index >= 15 is 8.78 Å². The van der Waals surface area contributed by atoms with Crippen molar-refractivity contribution in [3.63, 3.8) is 0 Å². The van der Waals surface area contributed by atoms with E-state index in [9.17, 15) is 9.59 Å². The van der Waals surface area contributed by atoms with Crippen LogP contribution in [-0.4, -0.2) is 42.9 Å². The Hall–Kier alpha value is -5.06. The van der Waals surface area contributed by atoms with Crippen LogP contribution in [0.1, 0.15) is 21.5 Å². The molecule has 0 aliphatic carbocycles. The van der Waals surface area contributed by atoms with Gasteiger partial charge in [-0.25, -0.2) is 13.8 Å². The molecule has 1 amide bonds. The summed E-state index contributed by atoms with van der Waals surface area (Å²) in [5.41, 5.74) is 1.25. The maximum atomic E-state index is 15.1.